The zero-order valence-corrected chi connectivity index (χ0v) is 10.7. The zero-order chi connectivity index (χ0) is 7.86. The van der Waals surface area contributed by atoms with Crippen LogP contribution in [0.3, 0.4) is 0 Å². The van der Waals surface area contributed by atoms with E-state index < -0.39 is 11.9 Å². The van der Waals surface area contributed by atoms with E-state index in [1.165, 1.54) is 0 Å². The summed E-state index contributed by atoms with van der Waals surface area (Å²) in [5.74, 6) is -2.54. The molecule has 5 nitrogen and oxygen atoms in total. The minimum atomic E-state index is -1.45. The molecule has 0 aliphatic heterocycles. The maximum Gasteiger partial charge on any atom is 1.00 e. The molecule has 0 saturated heterocycles. The van der Waals surface area contributed by atoms with Crippen LogP contribution in [0.2, 0.25) is 0 Å². The van der Waals surface area contributed by atoms with Crippen LogP contribution in [0.4, 0.5) is 0 Å². The summed E-state index contributed by atoms with van der Waals surface area (Å²) in [7, 11) is 0. The van der Waals surface area contributed by atoms with Crippen LogP contribution in [0.25, 0.3) is 0 Å². The second kappa shape index (κ2) is 16.9. The zero-order valence-electron chi connectivity index (χ0n) is 6.71. The van der Waals surface area contributed by atoms with E-state index in [4.69, 9.17) is 25.2 Å². The van der Waals surface area contributed by atoms with Gasteiger partial charge in [0.1, 0.15) is 0 Å². The number of rotatable bonds is 1. The van der Waals surface area contributed by atoms with Crippen molar-refractivity contribution in [3.63, 3.8) is 0 Å². The topological polar surface area (TPSA) is 104 Å². The van der Waals surface area contributed by atoms with Gasteiger partial charge in [0.15, 0.2) is 0 Å². The largest absolute Gasteiger partial charge is 1.00 e. The number of carboxylic acids is 2. The van der Waals surface area contributed by atoms with Gasteiger partial charge in [-0.1, -0.05) is 0 Å². The first-order valence-corrected chi connectivity index (χ1v) is 1.89. The third-order valence-corrected chi connectivity index (χ3v) is 0.118. The molecule has 0 radical (unpaired) electrons. The number of hydrogen-bond acceptors (Lipinski definition) is 5. The van der Waals surface area contributed by atoms with Crippen molar-refractivity contribution >= 4 is 18.2 Å². The molecule has 11 heavy (non-hydrogen) atoms. The summed E-state index contributed by atoms with van der Waals surface area (Å²) in [6, 6.07) is 0. The van der Waals surface area contributed by atoms with Gasteiger partial charge in [-0.2, -0.15) is 0 Å². The molecule has 0 aromatic heterocycles. The summed E-state index contributed by atoms with van der Waals surface area (Å²) in [4.78, 5) is 17.9. The van der Waals surface area contributed by atoms with Gasteiger partial charge < -0.3 is 25.2 Å². The molecule has 0 bridgehead atoms. The molecule has 0 fully saturated rings. The van der Waals surface area contributed by atoms with Crippen LogP contribution >= 0.6 is 0 Å². The molecule has 0 aromatic carbocycles. The third-order valence-electron chi connectivity index (χ3n) is 0.118. The van der Waals surface area contributed by atoms with Gasteiger partial charge in [-0.3, -0.25) is 0 Å². The van der Waals surface area contributed by atoms with Gasteiger partial charge in [0, 0.05) is 12.2 Å². The number of carbonyl (C=O) groups is 2. The number of aliphatic carboxylic acids is 2. The molecule has 52 valence electrons. The fraction of sp³-hybridized carbons (Fsp3) is 0.250. The molecule has 0 spiro atoms. The van der Waals surface area contributed by atoms with E-state index >= 15 is 0 Å². The molecule has 0 aliphatic carbocycles. The van der Waals surface area contributed by atoms with Gasteiger partial charge in [0.05, 0.1) is 5.97 Å². The van der Waals surface area contributed by atoms with Crippen LogP contribution in [0.1, 0.15) is 6.92 Å². The summed E-state index contributed by atoms with van der Waals surface area (Å²) in [5, 5.41) is 23.8. The monoisotopic (exact) mass is 177 g/mol. The minimum absolute atomic E-state index is 0. The van der Waals surface area contributed by atoms with Crippen LogP contribution < -0.4 is 69.3 Å². The SMILES string of the molecule is CC(=O)[O-].N=CC(=O)[O-].[Na+].[Na+]. The Morgan fingerprint density at radius 2 is 1.36 bits per heavy atom. The molecule has 0 saturated carbocycles. The molecule has 0 amide bonds. The summed E-state index contributed by atoms with van der Waals surface area (Å²) in [6.45, 7) is 0.972. The molecular formula is C4H5NNa2O4. The van der Waals surface area contributed by atoms with Crippen molar-refractivity contribution in [2.75, 3.05) is 0 Å². The van der Waals surface area contributed by atoms with Crippen LogP contribution in [-0.2, 0) is 9.59 Å². The Bertz CT molecular complexity index is 123. The fourth-order valence-corrected chi connectivity index (χ4v) is 0. The van der Waals surface area contributed by atoms with Gasteiger partial charge in [0.2, 0.25) is 0 Å². The van der Waals surface area contributed by atoms with E-state index in [1.807, 2.05) is 0 Å². The van der Waals surface area contributed by atoms with Gasteiger partial charge >= 0.3 is 59.1 Å². The average molecular weight is 177 g/mol. The first-order chi connectivity index (χ1) is 4.00. The number of hydrogen-bond donors (Lipinski definition) is 1. The Hall–Kier alpha value is 0.610. The molecule has 0 aromatic rings. The van der Waals surface area contributed by atoms with Crippen molar-refractivity contribution in [2.45, 2.75) is 6.92 Å². The molecule has 7 heteroatoms. The Labute approximate surface area is 108 Å². The van der Waals surface area contributed by atoms with Crippen molar-refractivity contribution < 1.29 is 78.9 Å². The van der Waals surface area contributed by atoms with Crippen molar-refractivity contribution in [2.24, 2.45) is 0 Å². The van der Waals surface area contributed by atoms with E-state index in [1.54, 1.807) is 0 Å². The maximum atomic E-state index is 9.01. The first-order valence-electron chi connectivity index (χ1n) is 1.89. The van der Waals surface area contributed by atoms with Gasteiger partial charge in [-0.15, -0.1) is 0 Å². The molecule has 0 unspecified atom stereocenters. The summed E-state index contributed by atoms with van der Waals surface area (Å²) >= 11 is 0. The Morgan fingerprint density at radius 1 is 1.27 bits per heavy atom. The van der Waals surface area contributed by atoms with Gasteiger partial charge in [0.25, 0.3) is 0 Å². The molecule has 0 rings (SSSR count). The summed E-state index contributed by atoms with van der Waals surface area (Å²) in [6.07, 6.45) is 0.222. The second-order valence-electron chi connectivity index (χ2n) is 0.955. The van der Waals surface area contributed by atoms with Crippen LogP contribution in [0.15, 0.2) is 0 Å². The fourth-order valence-electron chi connectivity index (χ4n) is 0. The molecule has 1 N–H and O–H groups in total. The number of carbonyl (C=O) groups excluding carboxylic acids is 2. The number of carboxylic acid groups (broad SMARTS) is 2. The Morgan fingerprint density at radius 3 is 1.36 bits per heavy atom. The van der Waals surface area contributed by atoms with Crippen LogP contribution in [0, 0.1) is 5.41 Å². The normalized spacial score (nSPS) is 5.18. The van der Waals surface area contributed by atoms with Crippen LogP contribution in [-0.4, -0.2) is 18.2 Å². The first kappa shape index (κ1) is 22.6. The summed E-state index contributed by atoms with van der Waals surface area (Å²) < 4.78 is 0. The Balaban J connectivity index is -0.0000000383. The molecule has 0 aliphatic rings. The predicted molar refractivity (Wildman–Crippen MR) is 24.5 cm³/mol. The third kappa shape index (κ3) is 115. The van der Waals surface area contributed by atoms with E-state index in [0.717, 1.165) is 6.92 Å². The maximum absolute atomic E-state index is 9.01. The van der Waals surface area contributed by atoms with E-state index in [0.29, 0.717) is 0 Å². The van der Waals surface area contributed by atoms with E-state index in [-0.39, 0.29) is 65.3 Å². The molecule has 0 heterocycles. The van der Waals surface area contributed by atoms with Crippen molar-refractivity contribution in [3.8, 4) is 0 Å². The van der Waals surface area contributed by atoms with Crippen molar-refractivity contribution in [1.29, 1.82) is 5.41 Å². The quantitative estimate of drug-likeness (QED) is 0.317. The van der Waals surface area contributed by atoms with E-state index in [2.05, 4.69) is 0 Å². The standard InChI is InChI=1S/C2H3NO2.C2H4O2.2Na/c3-1-2(4)5;1-2(3)4;;/h1,3H,(H,4,5);1H3,(H,3,4);;/q;;2*+1/p-2. The smallest absolute Gasteiger partial charge is 0.550 e. The van der Waals surface area contributed by atoms with Gasteiger partial charge in [-0.05, 0) is 6.92 Å². The second-order valence-corrected chi connectivity index (χ2v) is 0.955. The van der Waals surface area contributed by atoms with Crippen molar-refractivity contribution in [1.82, 2.24) is 0 Å². The van der Waals surface area contributed by atoms with Crippen molar-refractivity contribution in [3.05, 3.63) is 0 Å². The van der Waals surface area contributed by atoms with Gasteiger partial charge in [-0.25, -0.2) is 0 Å². The Kier molecular flexibility index (Phi) is 34.7. The minimum Gasteiger partial charge on any atom is -0.550 e. The predicted octanol–water partition coefficient (Wildman–Crippen LogP) is -8.85. The summed E-state index contributed by atoms with van der Waals surface area (Å²) in [5.41, 5.74) is 0. The van der Waals surface area contributed by atoms with E-state index in [9.17, 15) is 0 Å². The molecule has 0 atom stereocenters. The molecular weight excluding hydrogens is 172 g/mol. The average Bonchev–Trinajstić information content (AvgIpc) is 1.65. The van der Waals surface area contributed by atoms with Crippen LogP contribution in [0.5, 0.6) is 0 Å². The number of nitrogens with one attached hydrogen (secondary N) is 1.